The number of imide groups is 1. The third-order valence-corrected chi connectivity index (χ3v) is 2.81. The highest BCUT2D eigenvalue weighted by Crippen LogP contribution is 2.17. The Bertz CT molecular complexity index is 273. The highest BCUT2D eigenvalue weighted by atomic mass is 16.2. The fraction of sp³-hybridized carbons (Fsp3) is 0.778. The lowest BCUT2D eigenvalue weighted by atomic mass is 10.0. The molecular weight excluding hydrogens is 182 g/mol. The van der Waals surface area contributed by atoms with Gasteiger partial charge in [-0.25, -0.2) is 4.79 Å². The largest absolute Gasteiger partial charge is 0.326 e. The lowest BCUT2D eigenvalue weighted by Crippen LogP contribution is -2.50. The molecule has 2 heterocycles. The summed E-state index contributed by atoms with van der Waals surface area (Å²) in [6.45, 7) is 2.80. The highest BCUT2D eigenvalue weighted by molar-refractivity contribution is 6.01. The van der Waals surface area contributed by atoms with Gasteiger partial charge in [-0.15, -0.1) is 0 Å². The third-order valence-electron chi connectivity index (χ3n) is 2.81. The molecule has 0 radical (unpaired) electrons. The molecule has 2 aliphatic rings. The maximum atomic E-state index is 11.5. The van der Waals surface area contributed by atoms with Gasteiger partial charge < -0.3 is 9.80 Å². The van der Waals surface area contributed by atoms with Gasteiger partial charge in [-0.1, -0.05) is 0 Å². The van der Waals surface area contributed by atoms with Crippen LogP contribution < -0.4 is 0 Å². The first-order valence-corrected chi connectivity index (χ1v) is 4.82. The number of rotatable bonds is 2. The number of urea groups is 1. The molecule has 0 aromatic heterocycles. The van der Waals surface area contributed by atoms with Crippen molar-refractivity contribution in [3.8, 4) is 0 Å². The van der Waals surface area contributed by atoms with Crippen LogP contribution in [0, 0.1) is 5.92 Å². The zero-order valence-electron chi connectivity index (χ0n) is 8.56. The Morgan fingerprint density at radius 2 is 1.93 bits per heavy atom. The molecule has 0 aliphatic carbocycles. The standard InChI is InChI=1S/C9H15N3O2/c1-10-3-7(4-10)5-12-8(13)6-11(2)9(12)14/h7H,3-6H2,1-2H3. The minimum absolute atomic E-state index is 0.0629. The molecule has 0 spiro atoms. The first-order valence-electron chi connectivity index (χ1n) is 4.82. The van der Waals surface area contributed by atoms with Crippen LogP contribution in [0.5, 0.6) is 0 Å². The van der Waals surface area contributed by atoms with Crippen molar-refractivity contribution in [2.75, 3.05) is 40.3 Å². The number of likely N-dealkylation sites (N-methyl/N-ethyl adjacent to an activating group) is 1. The maximum absolute atomic E-state index is 11.5. The zero-order chi connectivity index (χ0) is 10.3. The van der Waals surface area contributed by atoms with Gasteiger partial charge in [0.2, 0.25) is 5.91 Å². The number of carbonyl (C=O) groups excluding carboxylic acids is 2. The molecule has 2 fully saturated rings. The van der Waals surface area contributed by atoms with Crippen molar-refractivity contribution in [3.05, 3.63) is 0 Å². The van der Waals surface area contributed by atoms with Crippen LogP contribution in [0.3, 0.4) is 0 Å². The van der Waals surface area contributed by atoms with Gasteiger partial charge in [0, 0.05) is 32.6 Å². The van der Waals surface area contributed by atoms with Crippen molar-refractivity contribution in [1.29, 1.82) is 0 Å². The molecule has 78 valence electrons. The zero-order valence-corrected chi connectivity index (χ0v) is 8.56. The maximum Gasteiger partial charge on any atom is 0.326 e. The summed E-state index contributed by atoms with van der Waals surface area (Å²) in [6, 6.07) is -0.149. The van der Waals surface area contributed by atoms with Crippen LogP contribution in [-0.4, -0.2) is 66.9 Å². The lowest BCUT2D eigenvalue weighted by molar-refractivity contribution is -0.126. The Labute approximate surface area is 83.2 Å². The van der Waals surface area contributed by atoms with Gasteiger partial charge in [0.1, 0.15) is 6.54 Å². The predicted molar refractivity (Wildman–Crippen MR) is 50.7 cm³/mol. The van der Waals surface area contributed by atoms with Crippen molar-refractivity contribution >= 4 is 11.9 Å². The predicted octanol–water partition coefficient (Wildman–Crippen LogP) is -0.558. The molecule has 14 heavy (non-hydrogen) atoms. The average molecular weight is 197 g/mol. The van der Waals surface area contributed by atoms with Gasteiger partial charge in [0.05, 0.1) is 0 Å². The summed E-state index contributed by atoms with van der Waals surface area (Å²) in [5.41, 5.74) is 0. The number of amides is 3. The summed E-state index contributed by atoms with van der Waals surface area (Å²) in [5.74, 6) is 0.409. The minimum Gasteiger partial charge on any atom is -0.318 e. The second kappa shape index (κ2) is 3.24. The molecule has 0 atom stereocenters. The number of carbonyl (C=O) groups is 2. The van der Waals surface area contributed by atoms with Gasteiger partial charge >= 0.3 is 6.03 Å². The van der Waals surface area contributed by atoms with Crippen molar-refractivity contribution in [3.63, 3.8) is 0 Å². The van der Waals surface area contributed by atoms with E-state index >= 15 is 0 Å². The number of likely N-dealkylation sites (tertiary alicyclic amines) is 1. The van der Waals surface area contributed by atoms with Crippen LogP contribution in [0.15, 0.2) is 0 Å². The van der Waals surface area contributed by atoms with Crippen molar-refractivity contribution < 1.29 is 9.59 Å². The number of hydrogen-bond donors (Lipinski definition) is 0. The van der Waals surface area contributed by atoms with Crippen molar-refractivity contribution in [2.45, 2.75) is 0 Å². The Hall–Kier alpha value is -1.10. The van der Waals surface area contributed by atoms with Crippen LogP contribution >= 0.6 is 0 Å². The molecule has 0 aromatic carbocycles. The van der Waals surface area contributed by atoms with Crippen LogP contribution in [-0.2, 0) is 4.79 Å². The van der Waals surface area contributed by atoms with E-state index in [9.17, 15) is 9.59 Å². The highest BCUT2D eigenvalue weighted by Gasteiger charge is 2.37. The van der Waals surface area contributed by atoms with E-state index in [1.807, 2.05) is 7.05 Å². The number of nitrogens with zero attached hydrogens (tertiary/aromatic N) is 3. The van der Waals surface area contributed by atoms with Crippen molar-refractivity contribution in [2.24, 2.45) is 5.92 Å². The third kappa shape index (κ3) is 1.48. The van der Waals surface area contributed by atoms with E-state index in [4.69, 9.17) is 0 Å². The average Bonchev–Trinajstić information content (AvgIpc) is 2.29. The van der Waals surface area contributed by atoms with Gasteiger partial charge in [0.25, 0.3) is 0 Å². The molecule has 2 rings (SSSR count). The van der Waals surface area contributed by atoms with E-state index in [0.717, 1.165) is 13.1 Å². The second-order valence-corrected chi connectivity index (χ2v) is 4.23. The van der Waals surface area contributed by atoms with Crippen LogP contribution in [0.25, 0.3) is 0 Å². The Balaban J connectivity index is 1.91. The lowest BCUT2D eigenvalue weighted by Gasteiger charge is -2.37. The summed E-state index contributed by atoms with van der Waals surface area (Å²) in [4.78, 5) is 27.9. The SMILES string of the molecule is CN1CC(CN2C(=O)CN(C)C2=O)C1. The van der Waals surface area contributed by atoms with E-state index in [1.54, 1.807) is 7.05 Å². The first-order chi connectivity index (χ1) is 6.58. The van der Waals surface area contributed by atoms with Crippen LogP contribution in [0.1, 0.15) is 0 Å². The second-order valence-electron chi connectivity index (χ2n) is 4.23. The first kappa shape index (κ1) is 9.45. The Morgan fingerprint density at radius 3 is 2.36 bits per heavy atom. The van der Waals surface area contributed by atoms with Gasteiger partial charge in [-0.3, -0.25) is 9.69 Å². The molecule has 0 aromatic rings. The van der Waals surface area contributed by atoms with Crippen LogP contribution in [0.4, 0.5) is 4.79 Å². The van der Waals surface area contributed by atoms with Gasteiger partial charge in [-0.05, 0) is 7.05 Å². The van der Waals surface area contributed by atoms with Gasteiger partial charge in [-0.2, -0.15) is 0 Å². The minimum atomic E-state index is -0.149. The van der Waals surface area contributed by atoms with Crippen LogP contribution in [0.2, 0.25) is 0 Å². The topological polar surface area (TPSA) is 43.9 Å². The Morgan fingerprint density at radius 1 is 1.29 bits per heavy atom. The molecule has 0 saturated carbocycles. The van der Waals surface area contributed by atoms with Crippen molar-refractivity contribution in [1.82, 2.24) is 14.7 Å². The molecule has 5 heteroatoms. The van der Waals surface area contributed by atoms with E-state index in [0.29, 0.717) is 12.5 Å². The molecule has 0 unspecified atom stereocenters. The molecule has 3 amide bonds. The molecule has 0 N–H and O–H groups in total. The smallest absolute Gasteiger partial charge is 0.318 e. The summed E-state index contributed by atoms with van der Waals surface area (Å²) in [5, 5.41) is 0. The van der Waals surface area contributed by atoms with E-state index < -0.39 is 0 Å². The van der Waals surface area contributed by atoms with Gasteiger partial charge in [0.15, 0.2) is 0 Å². The molecule has 5 nitrogen and oxygen atoms in total. The fourth-order valence-corrected chi connectivity index (χ4v) is 2.05. The molecular formula is C9H15N3O2. The Kier molecular flexibility index (Phi) is 2.19. The quantitative estimate of drug-likeness (QED) is 0.557. The normalized spacial score (nSPS) is 24.7. The monoisotopic (exact) mass is 197 g/mol. The molecule has 0 bridgehead atoms. The number of hydrogen-bond acceptors (Lipinski definition) is 3. The summed E-state index contributed by atoms with van der Waals surface area (Å²) in [6.07, 6.45) is 0. The van der Waals surface area contributed by atoms with E-state index in [1.165, 1.54) is 9.80 Å². The summed E-state index contributed by atoms with van der Waals surface area (Å²) < 4.78 is 0. The molecule has 2 saturated heterocycles. The molecule has 2 aliphatic heterocycles. The fourth-order valence-electron chi connectivity index (χ4n) is 2.05. The summed E-state index contributed by atoms with van der Waals surface area (Å²) >= 11 is 0. The van der Waals surface area contributed by atoms with E-state index in [2.05, 4.69) is 4.90 Å². The van der Waals surface area contributed by atoms with E-state index in [-0.39, 0.29) is 18.5 Å². The summed E-state index contributed by atoms with van der Waals surface area (Å²) in [7, 11) is 3.70.